The van der Waals surface area contributed by atoms with Crippen molar-refractivity contribution in [3.63, 3.8) is 0 Å². The lowest BCUT2D eigenvalue weighted by Crippen LogP contribution is -2.33. The van der Waals surface area contributed by atoms with E-state index in [1.54, 1.807) is 0 Å². The first kappa shape index (κ1) is 14.1. The van der Waals surface area contributed by atoms with Crippen molar-refractivity contribution >= 4 is 0 Å². The third kappa shape index (κ3) is 3.44. The van der Waals surface area contributed by atoms with Crippen LogP contribution in [-0.2, 0) is 13.0 Å². The summed E-state index contributed by atoms with van der Waals surface area (Å²) in [6, 6.07) is 2.04. The molecule has 3 heterocycles. The minimum atomic E-state index is 0.541. The van der Waals surface area contributed by atoms with E-state index in [2.05, 4.69) is 25.0 Å². The Morgan fingerprint density at radius 1 is 1.29 bits per heavy atom. The average molecular weight is 287 g/mol. The number of aryl methyl sites for hydroxylation is 2. The summed E-state index contributed by atoms with van der Waals surface area (Å²) in [5.74, 6) is 2.91. The summed E-state index contributed by atoms with van der Waals surface area (Å²) in [6.07, 6.45) is 4.89. The molecule has 0 radical (unpaired) electrons. The minimum absolute atomic E-state index is 0.541. The zero-order valence-corrected chi connectivity index (χ0v) is 12.6. The molecule has 6 heteroatoms. The summed E-state index contributed by atoms with van der Waals surface area (Å²) < 4.78 is 5.15. The van der Waals surface area contributed by atoms with E-state index in [0.717, 1.165) is 56.4 Å². The number of piperidine rings is 1. The second-order valence-corrected chi connectivity index (χ2v) is 5.54. The predicted molar refractivity (Wildman–Crippen MR) is 77.7 cm³/mol. The van der Waals surface area contributed by atoms with Gasteiger partial charge in [-0.2, -0.15) is 4.98 Å². The van der Waals surface area contributed by atoms with E-state index in [9.17, 15) is 0 Å². The van der Waals surface area contributed by atoms with E-state index < -0.39 is 0 Å². The molecule has 1 aliphatic heterocycles. The molecule has 2 aromatic rings. The Hall–Kier alpha value is -1.82. The standard InChI is InChI=1S/C15H21N5O/c1-3-15-18-14(19-21-15)10-20-8-5-12(6-9-20)13-4-7-16-11(2)17-13/h4,7,12H,3,5-6,8-10H2,1-2H3. The third-order valence-corrected chi connectivity index (χ3v) is 3.98. The van der Waals surface area contributed by atoms with Crippen LogP contribution in [0.5, 0.6) is 0 Å². The van der Waals surface area contributed by atoms with Crippen molar-refractivity contribution in [1.82, 2.24) is 25.0 Å². The lowest BCUT2D eigenvalue weighted by Gasteiger charge is -2.30. The second-order valence-electron chi connectivity index (χ2n) is 5.54. The van der Waals surface area contributed by atoms with E-state index in [-0.39, 0.29) is 0 Å². The maximum absolute atomic E-state index is 5.15. The van der Waals surface area contributed by atoms with Crippen molar-refractivity contribution in [1.29, 1.82) is 0 Å². The first-order valence-corrected chi connectivity index (χ1v) is 7.58. The van der Waals surface area contributed by atoms with Gasteiger partial charge in [0, 0.05) is 24.2 Å². The van der Waals surface area contributed by atoms with Gasteiger partial charge in [-0.3, -0.25) is 4.90 Å². The number of hydrogen-bond donors (Lipinski definition) is 0. The van der Waals surface area contributed by atoms with Crippen LogP contribution in [0.4, 0.5) is 0 Å². The van der Waals surface area contributed by atoms with Crippen molar-refractivity contribution in [2.45, 2.75) is 45.6 Å². The largest absolute Gasteiger partial charge is 0.339 e. The number of hydrogen-bond acceptors (Lipinski definition) is 6. The Morgan fingerprint density at radius 2 is 2.10 bits per heavy atom. The van der Waals surface area contributed by atoms with Gasteiger partial charge in [-0.1, -0.05) is 12.1 Å². The maximum Gasteiger partial charge on any atom is 0.226 e. The minimum Gasteiger partial charge on any atom is -0.339 e. The summed E-state index contributed by atoms with van der Waals surface area (Å²) in [4.78, 5) is 15.5. The van der Waals surface area contributed by atoms with Gasteiger partial charge in [0.25, 0.3) is 0 Å². The molecule has 0 bridgehead atoms. The number of aromatic nitrogens is 4. The highest BCUT2D eigenvalue weighted by Crippen LogP contribution is 2.26. The summed E-state index contributed by atoms with van der Waals surface area (Å²) in [5.41, 5.74) is 1.18. The average Bonchev–Trinajstić information content (AvgIpc) is 2.96. The van der Waals surface area contributed by atoms with Crippen molar-refractivity contribution in [2.75, 3.05) is 13.1 Å². The van der Waals surface area contributed by atoms with Crippen molar-refractivity contribution < 1.29 is 4.52 Å². The Balaban J connectivity index is 1.55. The molecule has 1 aliphatic rings. The fraction of sp³-hybridized carbons (Fsp3) is 0.600. The number of nitrogens with zero attached hydrogens (tertiary/aromatic N) is 5. The molecule has 6 nitrogen and oxygen atoms in total. The molecule has 0 aromatic carbocycles. The maximum atomic E-state index is 5.15. The van der Waals surface area contributed by atoms with E-state index >= 15 is 0 Å². The molecule has 1 saturated heterocycles. The molecule has 1 fully saturated rings. The van der Waals surface area contributed by atoms with Crippen LogP contribution in [0.15, 0.2) is 16.8 Å². The molecule has 0 saturated carbocycles. The Morgan fingerprint density at radius 3 is 2.76 bits per heavy atom. The molecular formula is C15H21N5O. The molecule has 0 spiro atoms. The molecule has 0 aliphatic carbocycles. The molecule has 112 valence electrons. The van der Waals surface area contributed by atoms with Crippen LogP contribution in [0.3, 0.4) is 0 Å². The van der Waals surface area contributed by atoms with Crippen LogP contribution in [0.25, 0.3) is 0 Å². The summed E-state index contributed by atoms with van der Waals surface area (Å²) in [6.45, 7) is 6.83. The van der Waals surface area contributed by atoms with Crippen LogP contribution in [0, 0.1) is 6.92 Å². The van der Waals surface area contributed by atoms with Crippen LogP contribution >= 0.6 is 0 Å². The van der Waals surface area contributed by atoms with Crippen LogP contribution in [0.2, 0.25) is 0 Å². The summed E-state index contributed by atoms with van der Waals surface area (Å²) >= 11 is 0. The SMILES string of the molecule is CCc1nc(CN2CCC(c3ccnc(C)n3)CC2)no1. The molecule has 0 unspecified atom stereocenters. The fourth-order valence-electron chi connectivity index (χ4n) is 2.79. The molecule has 0 atom stereocenters. The van der Waals surface area contributed by atoms with Gasteiger partial charge in [0.15, 0.2) is 5.82 Å². The van der Waals surface area contributed by atoms with E-state index in [1.165, 1.54) is 5.69 Å². The van der Waals surface area contributed by atoms with Gasteiger partial charge in [-0.05, 0) is 38.9 Å². The molecule has 0 N–H and O–H groups in total. The molecule has 2 aromatic heterocycles. The van der Waals surface area contributed by atoms with Gasteiger partial charge in [-0.25, -0.2) is 9.97 Å². The van der Waals surface area contributed by atoms with E-state index in [4.69, 9.17) is 4.52 Å². The normalized spacial score (nSPS) is 17.2. The first-order chi connectivity index (χ1) is 10.2. The monoisotopic (exact) mass is 287 g/mol. The molecule has 21 heavy (non-hydrogen) atoms. The van der Waals surface area contributed by atoms with Crippen molar-refractivity contribution in [3.05, 3.63) is 35.5 Å². The lowest BCUT2D eigenvalue weighted by atomic mass is 9.93. The zero-order chi connectivity index (χ0) is 14.7. The van der Waals surface area contributed by atoms with Gasteiger partial charge in [0.2, 0.25) is 5.89 Å². The van der Waals surface area contributed by atoms with Crippen molar-refractivity contribution in [2.24, 2.45) is 0 Å². The topological polar surface area (TPSA) is 67.9 Å². The van der Waals surface area contributed by atoms with Gasteiger partial charge in [-0.15, -0.1) is 0 Å². The van der Waals surface area contributed by atoms with Crippen LogP contribution in [-0.4, -0.2) is 38.1 Å². The fourth-order valence-corrected chi connectivity index (χ4v) is 2.79. The predicted octanol–water partition coefficient (Wildman–Crippen LogP) is 2.11. The van der Waals surface area contributed by atoms with Crippen molar-refractivity contribution in [3.8, 4) is 0 Å². The molecular weight excluding hydrogens is 266 g/mol. The summed E-state index contributed by atoms with van der Waals surface area (Å²) in [5, 5.41) is 4.02. The Kier molecular flexibility index (Phi) is 4.24. The molecule has 3 rings (SSSR count). The lowest BCUT2D eigenvalue weighted by molar-refractivity contribution is 0.196. The van der Waals surface area contributed by atoms with E-state index in [0.29, 0.717) is 5.92 Å². The smallest absolute Gasteiger partial charge is 0.226 e. The van der Waals surface area contributed by atoms with Gasteiger partial charge < -0.3 is 4.52 Å². The Bertz CT molecular complexity index is 589. The van der Waals surface area contributed by atoms with Crippen LogP contribution in [0.1, 0.15) is 48.9 Å². The quantitative estimate of drug-likeness (QED) is 0.858. The highest BCUT2D eigenvalue weighted by atomic mass is 16.5. The van der Waals surface area contributed by atoms with Gasteiger partial charge in [0.1, 0.15) is 5.82 Å². The highest BCUT2D eigenvalue weighted by molar-refractivity contribution is 5.09. The molecule has 0 amide bonds. The highest BCUT2D eigenvalue weighted by Gasteiger charge is 2.22. The number of likely N-dealkylation sites (tertiary alicyclic amines) is 1. The van der Waals surface area contributed by atoms with Gasteiger partial charge in [0.05, 0.1) is 6.54 Å². The van der Waals surface area contributed by atoms with Gasteiger partial charge >= 0.3 is 0 Å². The van der Waals surface area contributed by atoms with E-state index in [1.807, 2.05) is 26.1 Å². The Labute approximate surface area is 124 Å². The number of rotatable bonds is 4. The third-order valence-electron chi connectivity index (χ3n) is 3.98. The first-order valence-electron chi connectivity index (χ1n) is 7.58. The zero-order valence-electron chi connectivity index (χ0n) is 12.6. The second kappa shape index (κ2) is 6.30. The summed E-state index contributed by atoms with van der Waals surface area (Å²) in [7, 11) is 0. The van der Waals surface area contributed by atoms with Crippen LogP contribution < -0.4 is 0 Å².